The number of H-pyrrole nitrogens is 3. The molecule has 10 rings (SSSR count). The van der Waals surface area contributed by atoms with E-state index in [1.165, 1.54) is 78.8 Å². The van der Waals surface area contributed by atoms with E-state index in [4.69, 9.17) is 0 Å². The number of anilines is 1. The van der Waals surface area contributed by atoms with E-state index in [1.54, 1.807) is 24.7 Å². The topological polar surface area (TPSA) is 89.3 Å². The lowest BCUT2D eigenvalue weighted by Crippen LogP contribution is -2.29. The van der Waals surface area contributed by atoms with Gasteiger partial charge in [0.25, 0.3) is 0 Å². The van der Waals surface area contributed by atoms with Crippen LogP contribution in [0.15, 0.2) is 140 Å². The maximum absolute atomic E-state index is 13.1. The van der Waals surface area contributed by atoms with Crippen LogP contribution in [0.5, 0.6) is 0 Å². The zero-order chi connectivity index (χ0) is 41.5. The first-order chi connectivity index (χ1) is 29.1. The monoisotopic (exact) mass is 811 g/mol. The second-order valence-corrected chi connectivity index (χ2v) is 15.0. The highest BCUT2D eigenvalue weighted by Crippen LogP contribution is 2.30. The number of piperidine rings is 1. The molecule has 0 saturated carbocycles. The maximum atomic E-state index is 13.1. The van der Waals surface area contributed by atoms with Gasteiger partial charge in [-0.1, -0.05) is 30.3 Å². The lowest BCUT2D eigenvalue weighted by atomic mass is 10.0. The maximum Gasteiger partial charge on any atom is 0.416 e. The number of fused-ring (bicyclic) bond motifs is 3. The Morgan fingerprint density at radius 3 is 1.47 bits per heavy atom. The number of nitrogens with zero attached hydrogens (tertiary/aromatic N) is 4. The molecule has 1 aliphatic rings. The molecule has 0 atom stereocenters. The van der Waals surface area contributed by atoms with Gasteiger partial charge in [0.15, 0.2) is 0 Å². The van der Waals surface area contributed by atoms with Crippen LogP contribution in [0, 0.1) is 11.6 Å². The van der Waals surface area contributed by atoms with Crippen molar-refractivity contribution in [3.63, 3.8) is 0 Å². The fraction of sp³-hybridized carbons (Fsp3) is 0.188. The summed E-state index contributed by atoms with van der Waals surface area (Å²) in [6.07, 6.45) is 12.4. The third-order valence-corrected chi connectivity index (χ3v) is 10.4. The highest BCUT2D eigenvalue weighted by molar-refractivity contribution is 5.77. The highest BCUT2D eigenvalue weighted by Gasteiger charge is 2.30. The molecule has 1 saturated heterocycles. The third kappa shape index (κ3) is 10.2. The van der Waals surface area contributed by atoms with E-state index in [2.05, 4.69) is 71.2 Å². The minimum Gasteiger partial charge on any atom is -0.372 e. The molecule has 0 unspecified atom stereocenters. The normalized spacial score (nSPS) is 12.9. The van der Waals surface area contributed by atoms with Gasteiger partial charge in [0.1, 0.15) is 28.6 Å². The first-order valence-corrected chi connectivity index (χ1v) is 19.8. The Labute approximate surface area is 343 Å². The molecule has 7 nitrogen and oxygen atoms in total. The summed E-state index contributed by atoms with van der Waals surface area (Å²) in [5.74, 6) is -1.11. The predicted molar refractivity (Wildman–Crippen MR) is 227 cm³/mol. The Kier molecular flexibility index (Phi) is 12.0. The van der Waals surface area contributed by atoms with Crippen molar-refractivity contribution in [1.29, 1.82) is 0 Å². The molecule has 0 amide bonds. The summed E-state index contributed by atoms with van der Waals surface area (Å²) in [6.45, 7) is 2.40. The van der Waals surface area contributed by atoms with E-state index in [1.807, 2.05) is 42.9 Å². The zero-order valence-electron chi connectivity index (χ0n) is 32.6. The van der Waals surface area contributed by atoms with Crippen molar-refractivity contribution < 1.29 is 22.0 Å². The number of aromatic amines is 3. The molecule has 0 aliphatic carbocycles. The van der Waals surface area contributed by atoms with Crippen molar-refractivity contribution >= 4 is 38.8 Å². The van der Waals surface area contributed by atoms with Crippen LogP contribution in [-0.4, -0.2) is 43.0 Å². The molecule has 0 bridgehead atoms. The molecule has 12 heteroatoms. The van der Waals surface area contributed by atoms with Gasteiger partial charge in [0, 0.05) is 78.2 Å². The highest BCUT2D eigenvalue weighted by atomic mass is 19.4. The molecule has 0 spiro atoms. The molecule has 3 aromatic carbocycles. The van der Waals surface area contributed by atoms with Crippen LogP contribution in [-0.2, 0) is 25.4 Å². The SMILES string of the molecule is FC(F)(F)c1cccc(Cc2cnc3[nH]ccc3c2)c1.Fc1cc(F)cc(Cc2cnc3[nH]ccc3c2)c1.c1cc2cc(Cc3ccc(N4CCCCC4)cc3)cnc2[nH]1. The van der Waals surface area contributed by atoms with Crippen LogP contribution in [0.4, 0.5) is 27.6 Å². The predicted octanol–water partition coefficient (Wildman–Crippen LogP) is 11.7. The first-order valence-electron chi connectivity index (χ1n) is 19.8. The molecular weight excluding hydrogens is 770 g/mol. The Morgan fingerprint density at radius 1 is 0.483 bits per heavy atom. The molecule has 304 valence electrons. The molecule has 1 fully saturated rings. The second kappa shape index (κ2) is 18.0. The van der Waals surface area contributed by atoms with E-state index < -0.39 is 23.4 Å². The van der Waals surface area contributed by atoms with E-state index in [0.717, 1.165) is 57.4 Å². The standard InChI is InChI=1S/C19H21N3.C15H11F3N2.C14H10F2N2/c1-2-10-22(11-3-1)18-6-4-15(5-7-18)12-16-13-17-8-9-20-19(17)21-14-16;16-15(17,18)13-3-1-2-10(8-13)6-11-7-12-4-5-19-14(12)20-9-11;15-12-5-9(6-13(16)7-12)3-10-4-11-1-2-17-14(11)18-8-10/h4-9,13-14H,1-3,10-12H2,(H,20,21);1-5,7-9H,6H2,(H,19,20);1-2,4-8H,3H2,(H,17,18). The van der Waals surface area contributed by atoms with Gasteiger partial charge in [-0.05, 0) is 139 Å². The minimum absolute atomic E-state index is 0.429. The van der Waals surface area contributed by atoms with Gasteiger partial charge in [-0.3, -0.25) is 0 Å². The molecule has 60 heavy (non-hydrogen) atoms. The summed E-state index contributed by atoms with van der Waals surface area (Å²) in [5.41, 5.74) is 8.93. The Morgan fingerprint density at radius 2 is 0.967 bits per heavy atom. The molecule has 0 radical (unpaired) electrons. The number of halogens is 5. The third-order valence-electron chi connectivity index (χ3n) is 10.4. The number of benzene rings is 3. The smallest absolute Gasteiger partial charge is 0.372 e. The fourth-order valence-corrected chi connectivity index (χ4v) is 7.50. The molecule has 3 N–H and O–H groups in total. The van der Waals surface area contributed by atoms with E-state index in [0.29, 0.717) is 24.0 Å². The van der Waals surface area contributed by atoms with Crippen LogP contribution in [0.2, 0.25) is 0 Å². The van der Waals surface area contributed by atoms with Gasteiger partial charge in [-0.2, -0.15) is 13.2 Å². The summed E-state index contributed by atoms with van der Waals surface area (Å²) >= 11 is 0. The summed E-state index contributed by atoms with van der Waals surface area (Å²) in [4.78, 5) is 24.6. The lowest BCUT2D eigenvalue weighted by Gasteiger charge is -2.28. The second-order valence-electron chi connectivity index (χ2n) is 15.0. The Bertz CT molecular complexity index is 2800. The van der Waals surface area contributed by atoms with Crippen molar-refractivity contribution in [3.8, 4) is 0 Å². The number of hydrogen-bond donors (Lipinski definition) is 3. The minimum atomic E-state index is -4.31. The van der Waals surface area contributed by atoms with Crippen molar-refractivity contribution in [2.45, 2.75) is 44.7 Å². The fourth-order valence-electron chi connectivity index (χ4n) is 7.50. The number of pyridine rings is 3. The molecule has 1 aliphatic heterocycles. The van der Waals surface area contributed by atoms with Gasteiger partial charge in [0.2, 0.25) is 0 Å². The van der Waals surface area contributed by atoms with Gasteiger partial charge in [-0.25, -0.2) is 23.7 Å². The lowest BCUT2D eigenvalue weighted by molar-refractivity contribution is -0.137. The quantitative estimate of drug-likeness (QED) is 0.140. The molecule has 9 aromatic rings. The van der Waals surface area contributed by atoms with Crippen molar-refractivity contribution in [3.05, 3.63) is 191 Å². The summed E-state index contributed by atoms with van der Waals surface area (Å²) in [7, 11) is 0. The van der Waals surface area contributed by atoms with Crippen LogP contribution >= 0.6 is 0 Å². The van der Waals surface area contributed by atoms with Crippen LogP contribution in [0.1, 0.15) is 58.2 Å². The first kappa shape index (κ1) is 40.0. The summed E-state index contributed by atoms with van der Waals surface area (Å²) in [5, 5.41) is 3.13. The van der Waals surface area contributed by atoms with Crippen LogP contribution < -0.4 is 4.90 Å². The van der Waals surface area contributed by atoms with Crippen molar-refractivity contribution in [1.82, 2.24) is 29.9 Å². The molecule has 7 heterocycles. The Balaban J connectivity index is 0.000000125. The Hall–Kier alpha value is -6.82. The van der Waals surface area contributed by atoms with Crippen molar-refractivity contribution in [2.75, 3.05) is 18.0 Å². The number of hydrogen-bond acceptors (Lipinski definition) is 4. The summed E-state index contributed by atoms with van der Waals surface area (Å²) in [6, 6.07) is 30.0. The average Bonchev–Trinajstić information content (AvgIpc) is 4.03. The van der Waals surface area contributed by atoms with Gasteiger partial charge >= 0.3 is 6.18 Å². The number of alkyl halides is 3. The molecular formula is C48H42F5N7. The number of aromatic nitrogens is 6. The molecule has 6 aromatic heterocycles. The van der Waals surface area contributed by atoms with Crippen LogP contribution in [0.25, 0.3) is 33.1 Å². The van der Waals surface area contributed by atoms with E-state index in [-0.39, 0.29) is 0 Å². The van der Waals surface area contributed by atoms with E-state index in [9.17, 15) is 22.0 Å². The van der Waals surface area contributed by atoms with Gasteiger partial charge in [-0.15, -0.1) is 0 Å². The zero-order valence-corrected chi connectivity index (χ0v) is 32.6. The van der Waals surface area contributed by atoms with Gasteiger partial charge < -0.3 is 19.9 Å². The summed E-state index contributed by atoms with van der Waals surface area (Å²) < 4.78 is 64.1. The largest absolute Gasteiger partial charge is 0.416 e. The van der Waals surface area contributed by atoms with Crippen LogP contribution in [0.3, 0.4) is 0 Å². The van der Waals surface area contributed by atoms with Gasteiger partial charge in [0.05, 0.1) is 5.56 Å². The van der Waals surface area contributed by atoms with E-state index >= 15 is 0 Å². The number of nitrogens with one attached hydrogen (secondary N) is 3. The van der Waals surface area contributed by atoms with Crippen molar-refractivity contribution in [2.24, 2.45) is 0 Å². The number of rotatable bonds is 7. The average molecular weight is 812 g/mol.